The number of carboxylic acid groups (broad SMARTS) is 1. The number of benzene rings is 1. The van der Waals surface area contributed by atoms with Gasteiger partial charge < -0.3 is 24.6 Å². The molecule has 4 rings (SSSR count). The normalized spacial score (nSPS) is 26.1. The topological polar surface area (TPSA) is 94.1 Å². The number of nitrogens with one attached hydrogen (secondary N) is 1. The molecule has 2 heterocycles. The van der Waals surface area contributed by atoms with Gasteiger partial charge in [0.1, 0.15) is 0 Å². The van der Waals surface area contributed by atoms with Gasteiger partial charge in [0.05, 0.1) is 11.8 Å². The van der Waals surface area contributed by atoms with Crippen LogP contribution in [0.4, 0.5) is 0 Å². The Morgan fingerprint density at radius 1 is 1.16 bits per heavy atom. The molecule has 2 aliphatic heterocycles. The molecule has 1 saturated heterocycles. The summed E-state index contributed by atoms with van der Waals surface area (Å²) < 4.78 is 16.4. The number of carbonyl (C=O) groups is 2. The molecule has 7 heteroatoms. The van der Waals surface area contributed by atoms with E-state index >= 15 is 0 Å². The number of hydrogen-bond donors (Lipinski definition) is 2. The van der Waals surface area contributed by atoms with Gasteiger partial charge in [-0.15, -0.1) is 0 Å². The van der Waals surface area contributed by atoms with Crippen molar-refractivity contribution in [2.75, 3.05) is 26.6 Å². The summed E-state index contributed by atoms with van der Waals surface area (Å²) in [5.74, 6) is -0.529. The summed E-state index contributed by atoms with van der Waals surface area (Å²) in [5, 5.41) is 12.0. The first kappa shape index (κ1) is 16.2. The molecule has 0 bridgehead atoms. The van der Waals surface area contributed by atoms with Crippen LogP contribution in [0.2, 0.25) is 0 Å². The predicted molar refractivity (Wildman–Crippen MR) is 86.5 cm³/mol. The second kappa shape index (κ2) is 6.22. The number of ether oxygens (including phenoxy) is 3. The van der Waals surface area contributed by atoms with E-state index in [-0.39, 0.29) is 18.1 Å². The highest BCUT2D eigenvalue weighted by Crippen LogP contribution is 2.42. The van der Waals surface area contributed by atoms with Crippen molar-refractivity contribution in [3.05, 3.63) is 23.8 Å². The number of rotatable bonds is 5. The molecule has 0 unspecified atom stereocenters. The summed E-state index contributed by atoms with van der Waals surface area (Å²) in [6.07, 6.45) is 2.02. The Morgan fingerprint density at radius 3 is 2.64 bits per heavy atom. The zero-order valence-corrected chi connectivity index (χ0v) is 13.8. The van der Waals surface area contributed by atoms with Gasteiger partial charge in [-0.25, -0.2) is 0 Å². The van der Waals surface area contributed by atoms with E-state index in [2.05, 4.69) is 5.32 Å². The highest BCUT2D eigenvalue weighted by atomic mass is 16.7. The maximum absolute atomic E-state index is 12.3. The van der Waals surface area contributed by atoms with Crippen LogP contribution >= 0.6 is 0 Å². The lowest BCUT2D eigenvalue weighted by molar-refractivity contribution is -0.140. The summed E-state index contributed by atoms with van der Waals surface area (Å²) in [7, 11) is 0. The molecule has 134 valence electrons. The molecule has 1 aromatic rings. The van der Waals surface area contributed by atoms with Crippen LogP contribution in [0.15, 0.2) is 18.2 Å². The molecule has 3 aliphatic rings. The van der Waals surface area contributed by atoms with Gasteiger partial charge in [-0.3, -0.25) is 9.59 Å². The smallest absolute Gasteiger partial charge is 0.307 e. The molecular weight excluding hydrogens is 326 g/mol. The van der Waals surface area contributed by atoms with E-state index < -0.39 is 17.8 Å². The number of carboxylic acids is 1. The lowest BCUT2D eigenvalue weighted by Crippen LogP contribution is -2.45. The van der Waals surface area contributed by atoms with Crippen LogP contribution in [-0.2, 0) is 19.7 Å². The second-order valence-corrected chi connectivity index (χ2v) is 6.97. The van der Waals surface area contributed by atoms with Crippen molar-refractivity contribution in [2.24, 2.45) is 11.8 Å². The third-order valence-corrected chi connectivity index (χ3v) is 5.48. The molecule has 1 amide bonds. The van der Waals surface area contributed by atoms with Gasteiger partial charge in [-0.1, -0.05) is 6.07 Å². The van der Waals surface area contributed by atoms with Crippen LogP contribution in [0.25, 0.3) is 0 Å². The largest absolute Gasteiger partial charge is 0.481 e. The van der Waals surface area contributed by atoms with Crippen molar-refractivity contribution in [1.29, 1.82) is 0 Å². The Morgan fingerprint density at radius 2 is 1.92 bits per heavy atom. The fourth-order valence-corrected chi connectivity index (χ4v) is 3.70. The van der Waals surface area contributed by atoms with Gasteiger partial charge in [-0.2, -0.15) is 0 Å². The van der Waals surface area contributed by atoms with Gasteiger partial charge >= 0.3 is 5.97 Å². The molecule has 0 radical (unpaired) electrons. The molecular formula is C18H21NO6. The number of aliphatic carboxylic acids is 1. The minimum absolute atomic E-state index is 0.168. The first-order valence-corrected chi connectivity index (χ1v) is 8.57. The molecule has 2 atom stereocenters. The van der Waals surface area contributed by atoms with Crippen LogP contribution < -0.4 is 14.8 Å². The molecule has 2 N–H and O–H groups in total. The highest BCUT2D eigenvalue weighted by Gasteiger charge is 2.48. The minimum atomic E-state index is -0.892. The van der Waals surface area contributed by atoms with Gasteiger partial charge in [0.25, 0.3) is 0 Å². The van der Waals surface area contributed by atoms with E-state index in [1.807, 2.05) is 18.2 Å². The van der Waals surface area contributed by atoms with Gasteiger partial charge in [0.2, 0.25) is 12.7 Å². The number of fused-ring (bicyclic) bond motifs is 1. The van der Waals surface area contributed by atoms with Crippen molar-refractivity contribution >= 4 is 11.9 Å². The first-order chi connectivity index (χ1) is 12.1. The summed E-state index contributed by atoms with van der Waals surface area (Å²) >= 11 is 0. The molecule has 2 fully saturated rings. The number of carbonyl (C=O) groups excluding carboxylic acids is 1. The third-order valence-electron chi connectivity index (χ3n) is 5.48. The standard InChI is InChI=1S/C18H21NO6/c20-16(12-8-13(12)17(21)22)19-9-18(3-5-23-6-4-18)11-1-2-14-15(7-11)25-10-24-14/h1-2,7,12-13H,3-6,8-10H2,(H,19,20)(H,21,22)/t12-,13+/m0/s1. The molecule has 7 nitrogen and oxygen atoms in total. The maximum Gasteiger partial charge on any atom is 0.307 e. The summed E-state index contributed by atoms with van der Waals surface area (Å²) in [6.45, 7) is 1.96. The van der Waals surface area contributed by atoms with Crippen molar-refractivity contribution < 1.29 is 28.9 Å². The zero-order valence-electron chi connectivity index (χ0n) is 13.8. The van der Waals surface area contributed by atoms with Crippen LogP contribution in [0.1, 0.15) is 24.8 Å². The van der Waals surface area contributed by atoms with E-state index in [0.29, 0.717) is 26.2 Å². The Hall–Kier alpha value is -2.28. The average molecular weight is 347 g/mol. The van der Waals surface area contributed by atoms with E-state index in [4.69, 9.17) is 19.3 Å². The summed E-state index contributed by atoms with van der Waals surface area (Å²) in [4.78, 5) is 23.2. The lowest BCUT2D eigenvalue weighted by atomic mass is 9.74. The van der Waals surface area contributed by atoms with Crippen molar-refractivity contribution in [2.45, 2.75) is 24.7 Å². The molecule has 1 aromatic carbocycles. The highest BCUT2D eigenvalue weighted by molar-refractivity contribution is 5.89. The molecule has 0 spiro atoms. The van der Waals surface area contributed by atoms with Crippen LogP contribution in [-0.4, -0.2) is 43.5 Å². The molecule has 1 saturated carbocycles. The predicted octanol–water partition coefficient (Wildman–Crippen LogP) is 1.30. The molecule has 0 aromatic heterocycles. The fraction of sp³-hybridized carbons (Fsp3) is 0.556. The van der Waals surface area contributed by atoms with Crippen molar-refractivity contribution in [3.63, 3.8) is 0 Å². The van der Waals surface area contributed by atoms with Crippen LogP contribution in [0.5, 0.6) is 11.5 Å². The minimum Gasteiger partial charge on any atom is -0.481 e. The van der Waals surface area contributed by atoms with E-state index in [9.17, 15) is 9.59 Å². The average Bonchev–Trinajstić information content (AvgIpc) is 3.31. The first-order valence-electron chi connectivity index (χ1n) is 8.57. The SMILES string of the molecule is O=C(NCC1(c2ccc3c(c2)OCO3)CCOCC1)[C@H]1C[C@H]1C(=O)O. The maximum atomic E-state index is 12.3. The Labute approximate surface area is 145 Å². The van der Waals surface area contributed by atoms with Crippen LogP contribution in [0.3, 0.4) is 0 Å². The van der Waals surface area contributed by atoms with Crippen molar-refractivity contribution in [3.8, 4) is 11.5 Å². The van der Waals surface area contributed by atoms with E-state index in [1.165, 1.54) is 0 Å². The molecule has 1 aliphatic carbocycles. The van der Waals surface area contributed by atoms with Gasteiger partial charge in [-0.05, 0) is 37.0 Å². The fourth-order valence-electron chi connectivity index (χ4n) is 3.70. The second-order valence-electron chi connectivity index (χ2n) is 6.97. The van der Waals surface area contributed by atoms with E-state index in [0.717, 1.165) is 29.9 Å². The molecule has 25 heavy (non-hydrogen) atoms. The Bertz CT molecular complexity index is 697. The Kier molecular flexibility index (Phi) is 4.03. The number of hydrogen-bond acceptors (Lipinski definition) is 5. The lowest BCUT2D eigenvalue weighted by Gasteiger charge is -2.38. The van der Waals surface area contributed by atoms with E-state index in [1.54, 1.807) is 0 Å². The quantitative estimate of drug-likeness (QED) is 0.834. The van der Waals surface area contributed by atoms with Gasteiger partial charge in [0, 0.05) is 25.2 Å². The van der Waals surface area contributed by atoms with Gasteiger partial charge in [0.15, 0.2) is 11.5 Å². The Balaban J connectivity index is 1.50. The van der Waals surface area contributed by atoms with Crippen molar-refractivity contribution in [1.82, 2.24) is 5.32 Å². The summed E-state index contributed by atoms with van der Waals surface area (Å²) in [6, 6.07) is 5.90. The van der Waals surface area contributed by atoms with Crippen LogP contribution in [0, 0.1) is 11.8 Å². The summed E-state index contributed by atoms with van der Waals surface area (Å²) in [5.41, 5.74) is 0.855. The zero-order chi connectivity index (χ0) is 17.4. The number of amides is 1. The monoisotopic (exact) mass is 347 g/mol. The third kappa shape index (κ3) is 3.04.